The first kappa shape index (κ1) is 15.4. The Balaban J connectivity index is 1.93. The maximum Gasteiger partial charge on any atom is 0.122 e. The van der Waals surface area contributed by atoms with Crippen molar-refractivity contribution in [2.45, 2.75) is 58.9 Å². The molecule has 1 aliphatic rings. The normalized spacial score (nSPS) is 17.5. The lowest BCUT2D eigenvalue weighted by molar-refractivity contribution is 0.295. The number of hydrogen-bond donors (Lipinski definition) is 1. The highest BCUT2D eigenvalue weighted by Crippen LogP contribution is 2.36. The molecule has 1 aromatic carbocycles. The van der Waals surface area contributed by atoms with E-state index in [1.165, 1.54) is 30.4 Å². The van der Waals surface area contributed by atoms with Gasteiger partial charge in [-0.25, -0.2) is 0 Å². The molecule has 1 aromatic rings. The molecule has 2 nitrogen and oxygen atoms in total. The highest BCUT2D eigenvalue weighted by Gasteiger charge is 2.24. The summed E-state index contributed by atoms with van der Waals surface area (Å²) in [4.78, 5) is 0. The Hall–Kier alpha value is -1.02. The largest absolute Gasteiger partial charge is 0.493 e. The Morgan fingerprint density at radius 3 is 2.95 bits per heavy atom. The Kier molecular flexibility index (Phi) is 5.90. The Labute approximate surface area is 123 Å². The molecule has 0 radical (unpaired) electrons. The van der Waals surface area contributed by atoms with Crippen molar-refractivity contribution >= 4 is 0 Å². The van der Waals surface area contributed by atoms with Crippen molar-refractivity contribution in [3.05, 3.63) is 29.3 Å². The Morgan fingerprint density at radius 2 is 2.20 bits per heavy atom. The minimum absolute atomic E-state index is 0.532. The third-order valence-corrected chi connectivity index (χ3v) is 4.05. The predicted molar refractivity (Wildman–Crippen MR) is 85.4 cm³/mol. The summed E-state index contributed by atoms with van der Waals surface area (Å²) in [6, 6.07) is 7.07. The van der Waals surface area contributed by atoms with Crippen LogP contribution in [0.2, 0.25) is 0 Å². The third kappa shape index (κ3) is 3.99. The lowest BCUT2D eigenvalue weighted by Crippen LogP contribution is -2.19. The Bertz CT molecular complexity index is 414. The zero-order valence-corrected chi connectivity index (χ0v) is 13.2. The fourth-order valence-corrected chi connectivity index (χ4v) is 2.96. The monoisotopic (exact) mass is 275 g/mol. The van der Waals surface area contributed by atoms with Gasteiger partial charge in [-0.05, 0) is 61.8 Å². The molecule has 0 saturated heterocycles. The van der Waals surface area contributed by atoms with Gasteiger partial charge in [0.15, 0.2) is 0 Å². The second-order valence-electron chi connectivity index (χ2n) is 6.25. The summed E-state index contributed by atoms with van der Waals surface area (Å²) in [5, 5.41) is 3.64. The lowest BCUT2D eigenvalue weighted by atomic mass is 10.1. The smallest absolute Gasteiger partial charge is 0.122 e. The minimum atomic E-state index is 0.532. The van der Waals surface area contributed by atoms with E-state index in [-0.39, 0.29) is 0 Å². The molecule has 2 heteroatoms. The van der Waals surface area contributed by atoms with Gasteiger partial charge in [0.25, 0.3) is 0 Å². The van der Waals surface area contributed by atoms with Gasteiger partial charge in [0, 0.05) is 6.04 Å². The topological polar surface area (TPSA) is 21.3 Å². The zero-order chi connectivity index (χ0) is 14.4. The van der Waals surface area contributed by atoms with E-state index < -0.39 is 0 Å². The molecule has 2 rings (SSSR count). The van der Waals surface area contributed by atoms with Crippen LogP contribution >= 0.6 is 0 Å². The van der Waals surface area contributed by atoms with Crippen LogP contribution in [-0.2, 0) is 6.42 Å². The van der Waals surface area contributed by atoms with Crippen molar-refractivity contribution in [2.75, 3.05) is 13.2 Å². The molecule has 1 aliphatic carbocycles. The molecular weight excluding hydrogens is 246 g/mol. The fourth-order valence-electron chi connectivity index (χ4n) is 2.96. The van der Waals surface area contributed by atoms with Crippen LogP contribution in [0, 0.1) is 5.92 Å². The second kappa shape index (κ2) is 7.68. The van der Waals surface area contributed by atoms with Crippen LogP contribution in [0.5, 0.6) is 5.75 Å². The summed E-state index contributed by atoms with van der Waals surface area (Å²) in [7, 11) is 0. The molecule has 1 N–H and O–H groups in total. The van der Waals surface area contributed by atoms with Gasteiger partial charge in [0.1, 0.15) is 5.75 Å². The van der Waals surface area contributed by atoms with E-state index in [4.69, 9.17) is 4.74 Å². The van der Waals surface area contributed by atoms with E-state index in [0.29, 0.717) is 6.04 Å². The first-order valence-electron chi connectivity index (χ1n) is 8.20. The average molecular weight is 275 g/mol. The van der Waals surface area contributed by atoms with Crippen LogP contribution in [0.4, 0.5) is 0 Å². The number of ether oxygens (including phenoxy) is 1. The van der Waals surface area contributed by atoms with E-state index in [1.54, 1.807) is 0 Å². The average Bonchev–Trinajstić information content (AvgIpc) is 2.85. The van der Waals surface area contributed by atoms with Crippen molar-refractivity contribution < 1.29 is 4.74 Å². The first-order valence-corrected chi connectivity index (χ1v) is 8.20. The van der Waals surface area contributed by atoms with Crippen LogP contribution in [0.3, 0.4) is 0 Å². The SMILES string of the molecule is CCCNC1CCc2c(OCCCC(C)C)cccc21. The summed E-state index contributed by atoms with van der Waals surface area (Å²) >= 11 is 0. The third-order valence-electron chi connectivity index (χ3n) is 4.05. The van der Waals surface area contributed by atoms with Gasteiger partial charge in [-0.15, -0.1) is 0 Å². The second-order valence-corrected chi connectivity index (χ2v) is 6.25. The van der Waals surface area contributed by atoms with Gasteiger partial charge in [0.05, 0.1) is 6.61 Å². The van der Waals surface area contributed by atoms with Crippen molar-refractivity contribution in [2.24, 2.45) is 5.92 Å². The van der Waals surface area contributed by atoms with E-state index in [0.717, 1.165) is 37.7 Å². The zero-order valence-electron chi connectivity index (χ0n) is 13.2. The van der Waals surface area contributed by atoms with Crippen molar-refractivity contribution in [1.29, 1.82) is 0 Å². The highest BCUT2D eigenvalue weighted by molar-refractivity contribution is 5.45. The molecule has 20 heavy (non-hydrogen) atoms. The number of rotatable bonds is 8. The maximum absolute atomic E-state index is 6.02. The van der Waals surface area contributed by atoms with Gasteiger partial charge >= 0.3 is 0 Å². The van der Waals surface area contributed by atoms with Crippen LogP contribution in [0.25, 0.3) is 0 Å². The predicted octanol–water partition coefficient (Wildman–Crippen LogP) is 4.49. The molecule has 1 atom stereocenters. The van der Waals surface area contributed by atoms with E-state index in [2.05, 4.69) is 44.3 Å². The van der Waals surface area contributed by atoms with Gasteiger partial charge in [-0.1, -0.05) is 32.9 Å². The molecule has 0 aliphatic heterocycles. The van der Waals surface area contributed by atoms with E-state index in [1.807, 2.05) is 0 Å². The number of nitrogens with one attached hydrogen (secondary N) is 1. The van der Waals surface area contributed by atoms with Crippen molar-refractivity contribution in [3.63, 3.8) is 0 Å². The van der Waals surface area contributed by atoms with Crippen LogP contribution in [0.1, 0.15) is 63.6 Å². The molecule has 0 fully saturated rings. The molecule has 0 aromatic heterocycles. The first-order chi connectivity index (χ1) is 9.72. The molecule has 112 valence electrons. The summed E-state index contributed by atoms with van der Waals surface area (Å²) in [6.07, 6.45) is 5.95. The quantitative estimate of drug-likeness (QED) is 0.706. The van der Waals surface area contributed by atoms with Crippen molar-refractivity contribution in [3.8, 4) is 5.75 Å². The number of fused-ring (bicyclic) bond motifs is 1. The summed E-state index contributed by atoms with van der Waals surface area (Å²) in [6.45, 7) is 8.71. The molecule has 0 spiro atoms. The summed E-state index contributed by atoms with van der Waals surface area (Å²) in [5.41, 5.74) is 2.89. The van der Waals surface area contributed by atoms with Gasteiger partial charge in [-0.2, -0.15) is 0 Å². The van der Waals surface area contributed by atoms with Crippen LogP contribution in [0.15, 0.2) is 18.2 Å². The van der Waals surface area contributed by atoms with Crippen LogP contribution in [-0.4, -0.2) is 13.2 Å². The Morgan fingerprint density at radius 1 is 1.35 bits per heavy atom. The molecule has 0 amide bonds. The van der Waals surface area contributed by atoms with Crippen molar-refractivity contribution in [1.82, 2.24) is 5.32 Å². The highest BCUT2D eigenvalue weighted by atomic mass is 16.5. The van der Waals surface area contributed by atoms with E-state index >= 15 is 0 Å². The summed E-state index contributed by atoms with van der Waals surface area (Å²) in [5.74, 6) is 1.88. The fraction of sp³-hybridized carbons (Fsp3) is 0.667. The standard InChI is InChI=1S/C18H29NO/c1-4-12-19-17-11-10-16-15(17)8-5-9-18(16)20-13-6-7-14(2)3/h5,8-9,14,17,19H,4,6-7,10-13H2,1-3H3. The maximum atomic E-state index is 6.02. The van der Waals surface area contributed by atoms with Gasteiger partial charge < -0.3 is 10.1 Å². The molecule has 1 unspecified atom stereocenters. The molecule has 0 heterocycles. The van der Waals surface area contributed by atoms with Crippen LogP contribution < -0.4 is 10.1 Å². The molecule has 0 bridgehead atoms. The molecular formula is C18H29NO. The van der Waals surface area contributed by atoms with E-state index in [9.17, 15) is 0 Å². The lowest BCUT2D eigenvalue weighted by Gasteiger charge is -2.15. The van der Waals surface area contributed by atoms with Gasteiger partial charge in [-0.3, -0.25) is 0 Å². The summed E-state index contributed by atoms with van der Waals surface area (Å²) < 4.78 is 6.02. The minimum Gasteiger partial charge on any atom is -0.493 e. The number of hydrogen-bond acceptors (Lipinski definition) is 2. The van der Waals surface area contributed by atoms with Gasteiger partial charge in [0.2, 0.25) is 0 Å². The molecule has 0 saturated carbocycles. The number of benzene rings is 1.